The molecule has 2 aromatic carbocycles. The highest BCUT2D eigenvalue weighted by molar-refractivity contribution is 6.41. The number of halogens is 3. The Bertz CT molecular complexity index is 530. The molecule has 0 spiro atoms. The van der Waals surface area contributed by atoms with Crippen molar-refractivity contribution in [3.63, 3.8) is 0 Å². The van der Waals surface area contributed by atoms with Crippen molar-refractivity contribution >= 4 is 46.2 Å². The van der Waals surface area contributed by atoms with Gasteiger partial charge in [0.05, 0.1) is 15.7 Å². The van der Waals surface area contributed by atoms with Crippen LogP contribution in [0.4, 0.5) is 11.4 Å². The van der Waals surface area contributed by atoms with E-state index < -0.39 is 0 Å². The van der Waals surface area contributed by atoms with E-state index in [2.05, 4.69) is 10.2 Å². The van der Waals surface area contributed by atoms with Crippen molar-refractivity contribution in [2.75, 3.05) is 0 Å². The average molecular weight is 286 g/mol. The predicted molar refractivity (Wildman–Crippen MR) is 72.1 cm³/mol. The van der Waals surface area contributed by atoms with Crippen LogP contribution in [0.25, 0.3) is 0 Å². The zero-order chi connectivity index (χ0) is 12.3. The lowest BCUT2D eigenvalue weighted by atomic mass is 10.3. The average Bonchev–Trinajstić information content (AvgIpc) is 2.29. The molecule has 0 amide bonds. The minimum Gasteiger partial charge on any atom is -0.150 e. The normalized spacial score (nSPS) is 11.0. The first kappa shape index (κ1) is 12.4. The zero-order valence-electron chi connectivity index (χ0n) is 8.57. The molecule has 0 saturated carbocycles. The first-order chi connectivity index (χ1) is 8.16. The SMILES string of the molecule is Clc1cc(Cl)c(/N=N/c2ccccc2)c(Cl)c1. The molecular weight excluding hydrogens is 279 g/mol. The maximum Gasteiger partial charge on any atom is 0.123 e. The van der Waals surface area contributed by atoms with Gasteiger partial charge in [0.25, 0.3) is 0 Å². The Balaban J connectivity index is 2.34. The number of nitrogens with zero attached hydrogens (tertiary/aromatic N) is 2. The largest absolute Gasteiger partial charge is 0.150 e. The first-order valence-corrected chi connectivity index (χ1v) is 5.91. The predicted octanol–water partition coefficient (Wildman–Crippen LogP) is 6.06. The minimum absolute atomic E-state index is 0.377. The molecule has 2 nitrogen and oxygen atoms in total. The van der Waals surface area contributed by atoms with Gasteiger partial charge in [-0.15, -0.1) is 5.11 Å². The van der Waals surface area contributed by atoms with Crippen LogP contribution in [0, 0.1) is 0 Å². The summed E-state index contributed by atoms with van der Waals surface area (Å²) in [6, 6.07) is 12.5. The summed E-state index contributed by atoms with van der Waals surface area (Å²) < 4.78 is 0. The Morgan fingerprint density at radius 2 is 1.35 bits per heavy atom. The minimum atomic E-state index is 0.377. The van der Waals surface area contributed by atoms with Crippen LogP contribution in [0.2, 0.25) is 15.1 Å². The molecule has 0 fully saturated rings. The molecule has 0 radical (unpaired) electrons. The molecule has 2 rings (SSSR count). The molecule has 17 heavy (non-hydrogen) atoms. The van der Waals surface area contributed by atoms with E-state index in [-0.39, 0.29) is 0 Å². The van der Waals surface area contributed by atoms with E-state index in [1.165, 1.54) is 0 Å². The Morgan fingerprint density at radius 1 is 0.765 bits per heavy atom. The smallest absolute Gasteiger partial charge is 0.123 e. The lowest BCUT2D eigenvalue weighted by Gasteiger charge is -2.00. The number of hydrogen-bond acceptors (Lipinski definition) is 2. The number of hydrogen-bond donors (Lipinski definition) is 0. The molecule has 2 aromatic rings. The van der Waals surface area contributed by atoms with Crippen molar-refractivity contribution in [3.8, 4) is 0 Å². The Morgan fingerprint density at radius 3 is 1.94 bits per heavy atom. The molecule has 0 aliphatic carbocycles. The van der Waals surface area contributed by atoms with Crippen molar-refractivity contribution in [2.45, 2.75) is 0 Å². The topological polar surface area (TPSA) is 24.7 Å². The standard InChI is InChI=1S/C12H7Cl3N2/c13-8-6-10(14)12(11(15)7-8)17-16-9-4-2-1-3-5-9/h1-7H/b17-16+. The van der Waals surface area contributed by atoms with Crippen LogP contribution in [-0.2, 0) is 0 Å². The van der Waals surface area contributed by atoms with Gasteiger partial charge in [0.1, 0.15) is 5.69 Å². The zero-order valence-corrected chi connectivity index (χ0v) is 10.8. The van der Waals surface area contributed by atoms with Gasteiger partial charge in [-0.3, -0.25) is 0 Å². The summed E-state index contributed by atoms with van der Waals surface area (Å²) in [7, 11) is 0. The molecule has 0 aliphatic heterocycles. The van der Waals surface area contributed by atoms with E-state index in [4.69, 9.17) is 34.8 Å². The van der Waals surface area contributed by atoms with Crippen molar-refractivity contribution in [1.82, 2.24) is 0 Å². The molecule has 0 saturated heterocycles. The molecule has 5 heteroatoms. The highest BCUT2D eigenvalue weighted by Gasteiger charge is 2.06. The lowest BCUT2D eigenvalue weighted by Crippen LogP contribution is -1.72. The van der Waals surface area contributed by atoms with Crippen LogP contribution >= 0.6 is 34.8 Å². The monoisotopic (exact) mass is 284 g/mol. The summed E-state index contributed by atoms with van der Waals surface area (Å²) >= 11 is 17.8. The van der Waals surface area contributed by atoms with Crippen molar-refractivity contribution in [1.29, 1.82) is 0 Å². The highest BCUT2D eigenvalue weighted by atomic mass is 35.5. The van der Waals surface area contributed by atoms with E-state index in [9.17, 15) is 0 Å². The molecule has 0 atom stereocenters. The van der Waals surface area contributed by atoms with Gasteiger partial charge < -0.3 is 0 Å². The van der Waals surface area contributed by atoms with Crippen LogP contribution in [-0.4, -0.2) is 0 Å². The maximum atomic E-state index is 5.98. The Labute approximate surface area is 114 Å². The van der Waals surface area contributed by atoms with E-state index in [0.29, 0.717) is 20.8 Å². The van der Waals surface area contributed by atoms with Crippen LogP contribution in [0.5, 0.6) is 0 Å². The molecule has 86 valence electrons. The molecule has 0 bridgehead atoms. The van der Waals surface area contributed by atoms with E-state index in [1.54, 1.807) is 12.1 Å². The fourth-order valence-electron chi connectivity index (χ4n) is 1.23. The van der Waals surface area contributed by atoms with Crippen molar-refractivity contribution in [2.24, 2.45) is 10.2 Å². The van der Waals surface area contributed by atoms with Gasteiger partial charge in [0, 0.05) is 5.02 Å². The number of rotatable bonds is 2. The van der Waals surface area contributed by atoms with Gasteiger partial charge in [0.15, 0.2) is 0 Å². The van der Waals surface area contributed by atoms with Crippen LogP contribution in [0.15, 0.2) is 52.7 Å². The third-order valence-electron chi connectivity index (χ3n) is 2.00. The van der Waals surface area contributed by atoms with Gasteiger partial charge >= 0.3 is 0 Å². The van der Waals surface area contributed by atoms with Crippen molar-refractivity contribution < 1.29 is 0 Å². The third kappa shape index (κ3) is 3.19. The molecular formula is C12H7Cl3N2. The second-order valence-electron chi connectivity index (χ2n) is 3.25. The molecule has 0 unspecified atom stereocenters. The van der Waals surface area contributed by atoms with Crippen LogP contribution < -0.4 is 0 Å². The van der Waals surface area contributed by atoms with Gasteiger partial charge in [-0.05, 0) is 24.3 Å². The second kappa shape index (κ2) is 5.50. The number of azo groups is 1. The molecule has 0 aliphatic rings. The first-order valence-electron chi connectivity index (χ1n) is 4.78. The van der Waals surface area contributed by atoms with E-state index in [0.717, 1.165) is 5.69 Å². The molecule has 0 aromatic heterocycles. The fraction of sp³-hybridized carbons (Fsp3) is 0. The third-order valence-corrected chi connectivity index (χ3v) is 2.80. The summed E-state index contributed by atoms with van der Waals surface area (Å²) in [6.07, 6.45) is 0. The van der Waals surface area contributed by atoms with Crippen molar-refractivity contribution in [3.05, 3.63) is 57.5 Å². The molecule has 0 N–H and O–H groups in total. The summed E-state index contributed by atoms with van der Waals surface area (Å²) in [4.78, 5) is 0. The summed E-state index contributed by atoms with van der Waals surface area (Å²) in [5, 5.41) is 9.29. The Kier molecular flexibility index (Phi) is 4.00. The summed E-state index contributed by atoms with van der Waals surface area (Å²) in [5.74, 6) is 0. The quantitative estimate of drug-likeness (QED) is 0.599. The second-order valence-corrected chi connectivity index (χ2v) is 4.50. The summed E-state index contributed by atoms with van der Waals surface area (Å²) in [6.45, 7) is 0. The molecule has 0 heterocycles. The number of benzene rings is 2. The van der Waals surface area contributed by atoms with E-state index >= 15 is 0 Å². The van der Waals surface area contributed by atoms with E-state index in [1.807, 2.05) is 30.3 Å². The van der Waals surface area contributed by atoms with Gasteiger partial charge in [-0.1, -0.05) is 53.0 Å². The summed E-state index contributed by atoms with van der Waals surface area (Å²) in [5.41, 5.74) is 1.15. The van der Waals surface area contributed by atoms with Crippen LogP contribution in [0.3, 0.4) is 0 Å². The van der Waals surface area contributed by atoms with Gasteiger partial charge in [0.2, 0.25) is 0 Å². The Hall–Kier alpha value is -1.09. The maximum absolute atomic E-state index is 5.98. The van der Waals surface area contributed by atoms with Gasteiger partial charge in [-0.2, -0.15) is 5.11 Å². The van der Waals surface area contributed by atoms with Crippen LogP contribution in [0.1, 0.15) is 0 Å². The fourth-order valence-corrected chi connectivity index (χ4v) is 2.13. The highest BCUT2D eigenvalue weighted by Crippen LogP contribution is 2.36. The lowest BCUT2D eigenvalue weighted by molar-refractivity contribution is 1.23. The van der Waals surface area contributed by atoms with Gasteiger partial charge in [-0.25, -0.2) is 0 Å².